The van der Waals surface area contributed by atoms with Crippen molar-refractivity contribution in [1.82, 2.24) is 10.3 Å². The van der Waals surface area contributed by atoms with Gasteiger partial charge in [0, 0.05) is 11.3 Å². The first-order chi connectivity index (χ1) is 11.7. The molecule has 0 radical (unpaired) electrons. The zero-order valence-electron chi connectivity index (χ0n) is 13.3. The summed E-state index contributed by atoms with van der Waals surface area (Å²) in [5, 5.41) is 2.82. The Morgan fingerprint density at radius 1 is 1.21 bits per heavy atom. The number of rotatable bonds is 7. The van der Waals surface area contributed by atoms with Gasteiger partial charge in [-0.05, 0) is 31.2 Å². The Labute approximate surface area is 144 Å². The van der Waals surface area contributed by atoms with Gasteiger partial charge in [-0.15, -0.1) is 11.8 Å². The summed E-state index contributed by atoms with van der Waals surface area (Å²) in [6.07, 6.45) is 1.59. The van der Waals surface area contributed by atoms with Crippen molar-refractivity contribution in [2.24, 2.45) is 0 Å². The average molecular weight is 342 g/mol. The lowest BCUT2D eigenvalue weighted by atomic mass is 10.2. The molecule has 3 aromatic rings. The first kappa shape index (κ1) is 16.4. The Kier molecular flexibility index (Phi) is 5.38. The fraction of sp³-hybridized carbons (Fsp3) is 0.222. The van der Waals surface area contributed by atoms with Crippen LogP contribution in [0.15, 0.2) is 57.6 Å². The van der Waals surface area contributed by atoms with E-state index in [1.54, 1.807) is 12.3 Å². The molecular weight excluding hydrogens is 324 g/mol. The molecule has 124 valence electrons. The van der Waals surface area contributed by atoms with Crippen LogP contribution in [0.1, 0.15) is 17.2 Å². The van der Waals surface area contributed by atoms with Crippen LogP contribution < -0.4 is 5.32 Å². The van der Waals surface area contributed by atoms with Crippen molar-refractivity contribution in [2.75, 3.05) is 5.75 Å². The maximum absolute atomic E-state index is 11.8. The van der Waals surface area contributed by atoms with Crippen LogP contribution in [-0.2, 0) is 17.1 Å². The molecule has 0 saturated heterocycles. The summed E-state index contributed by atoms with van der Waals surface area (Å²) in [7, 11) is 0. The molecule has 0 atom stereocenters. The molecule has 0 aliphatic carbocycles. The van der Waals surface area contributed by atoms with Gasteiger partial charge in [-0.3, -0.25) is 4.79 Å². The molecule has 0 aliphatic rings. The first-order valence-electron chi connectivity index (χ1n) is 7.61. The molecule has 1 N–H and O–H groups in total. The molecule has 1 aromatic carbocycles. The van der Waals surface area contributed by atoms with Gasteiger partial charge in [-0.2, -0.15) is 0 Å². The van der Waals surface area contributed by atoms with Crippen LogP contribution in [0.5, 0.6) is 0 Å². The zero-order chi connectivity index (χ0) is 16.8. The Morgan fingerprint density at radius 3 is 2.79 bits per heavy atom. The Hall–Kier alpha value is -2.47. The minimum Gasteiger partial charge on any atom is -0.467 e. The molecule has 0 spiro atoms. The number of hydrogen-bond acceptors (Lipinski definition) is 5. The van der Waals surface area contributed by atoms with E-state index in [0.29, 0.717) is 23.9 Å². The SMILES string of the molecule is Cc1oc(-c2ccccc2)nc1CSCC(=O)NCc1ccco1. The van der Waals surface area contributed by atoms with E-state index in [1.165, 1.54) is 11.8 Å². The number of aromatic nitrogens is 1. The van der Waals surface area contributed by atoms with Gasteiger partial charge in [0.15, 0.2) is 0 Å². The molecule has 0 saturated carbocycles. The van der Waals surface area contributed by atoms with Gasteiger partial charge in [0.1, 0.15) is 11.5 Å². The highest BCUT2D eigenvalue weighted by Crippen LogP contribution is 2.23. The summed E-state index contributed by atoms with van der Waals surface area (Å²) in [5.41, 5.74) is 1.82. The summed E-state index contributed by atoms with van der Waals surface area (Å²) in [6.45, 7) is 2.31. The number of furan rings is 1. The van der Waals surface area contributed by atoms with E-state index in [9.17, 15) is 4.79 Å². The summed E-state index contributed by atoms with van der Waals surface area (Å²) in [4.78, 5) is 16.4. The number of nitrogens with one attached hydrogen (secondary N) is 1. The monoisotopic (exact) mass is 342 g/mol. The summed E-state index contributed by atoms with van der Waals surface area (Å²) in [6, 6.07) is 13.4. The fourth-order valence-corrected chi connectivity index (χ4v) is 3.01. The summed E-state index contributed by atoms with van der Waals surface area (Å²) >= 11 is 1.51. The van der Waals surface area contributed by atoms with Crippen molar-refractivity contribution in [1.29, 1.82) is 0 Å². The number of oxazole rings is 1. The van der Waals surface area contributed by atoms with Gasteiger partial charge >= 0.3 is 0 Å². The normalized spacial score (nSPS) is 10.7. The van der Waals surface area contributed by atoms with Crippen LogP contribution >= 0.6 is 11.8 Å². The standard InChI is InChI=1S/C18H18N2O3S/c1-13-16(20-18(23-13)14-6-3-2-4-7-14)11-24-12-17(21)19-10-15-8-5-9-22-15/h2-9H,10-12H2,1H3,(H,19,21). The Balaban J connectivity index is 1.48. The molecule has 3 rings (SSSR count). The van der Waals surface area contributed by atoms with Crippen molar-refractivity contribution in [2.45, 2.75) is 19.2 Å². The van der Waals surface area contributed by atoms with E-state index in [2.05, 4.69) is 10.3 Å². The van der Waals surface area contributed by atoms with Crippen LogP contribution in [0.2, 0.25) is 0 Å². The van der Waals surface area contributed by atoms with Crippen LogP contribution in [0.3, 0.4) is 0 Å². The molecule has 2 heterocycles. The van der Waals surface area contributed by atoms with Crippen LogP contribution in [0.25, 0.3) is 11.5 Å². The van der Waals surface area contributed by atoms with Gasteiger partial charge in [0.05, 0.1) is 24.3 Å². The van der Waals surface area contributed by atoms with Gasteiger partial charge in [0.25, 0.3) is 0 Å². The van der Waals surface area contributed by atoms with Crippen molar-refractivity contribution in [3.63, 3.8) is 0 Å². The van der Waals surface area contributed by atoms with Gasteiger partial charge in [-0.1, -0.05) is 18.2 Å². The first-order valence-corrected chi connectivity index (χ1v) is 8.76. The summed E-state index contributed by atoms with van der Waals surface area (Å²) in [5.74, 6) is 3.13. The minimum absolute atomic E-state index is 0.0270. The molecular formula is C18H18N2O3S. The smallest absolute Gasteiger partial charge is 0.230 e. The highest BCUT2D eigenvalue weighted by atomic mass is 32.2. The predicted molar refractivity (Wildman–Crippen MR) is 93.4 cm³/mol. The highest BCUT2D eigenvalue weighted by molar-refractivity contribution is 7.99. The molecule has 6 heteroatoms. The number of nitrogens with zero attached hydrogens (tertiary/aromatic N) is 1. The Morgan fingerprint density at radius 2 is 2.04 bits per heavy atom. The lowest BCUT2D eigenvalue weighted by Gasteiger charge is -2.02. The maximum Gasteiger partial charge on any atom is 0.230 e. The van der Waals surface area contributed by atoms with E-state index in [-0.39, 0.29) is 5.91 Å². The number of hydrogen-bond donors (Lipinski definition) is 1. The number of amides is 1. The van der Waals surface area contributed by atoms with Crippen LogP contribution in [0.4, 0.5) is 0 Å². The topological polar surface area (TPSA) is 68.3 Å². The molecule has 0 unspecified atom stereocenters. The van der Waals surface area contributed by atoms with Gasteiger partial charge < -0.3 is 14.2 Å². The third-order valence-electron chi connectivity index (χ3n) is 3.43. The van der Waals surface area contributed by atoms with E-state index in [0.717, 1.165) is 22.8 Å². The number of thioether (sulfide) groups is 1. The molecule has 0 bridgehead atoms. The molecule has 2 aromatic heterocycles. The van der Waals surface area contributed by atoms with E-state index >= 15 is 0 Å². The van der Waals surface area contributed by atoms with Crippen LogP contribution in [-0.4, -0.2) is 16.6 Å². The fourth-order valence-electron chi connectivity index (χ4n) is 2.16. The molecule has 0 fully saturated rings. The molecule has 1 amide bonds. The van der Waals surface area contributed by atoms with E-state index in [4.69, 9.17) is 8.83 Å². The second-order valence-corrected chi connectivity index (χ2v) is 6.22. The molecule has 5 nitrogen and oxygen atoms in total. The second-order valence-electron chi connectivity index (χ2n) is 5.24. The average Bonchev–Trinajstić information content (AvgIpc) is 3.24. The number of benzene rings is 1. The van der Waals surface area contributed by atoms with Crippen LogP contribution in [0, 0.1) is 6.92 Å². The van der Waals surface area contributed by atoms with Gasteiger partial charge in [0.2, 0.25) is 11.8 Å². The lowest BCUT2D eigenvalue weighted by molar-refractivity contribution is -0.118. The summed E-state index contributed by atoms with van der Waals surface area (Å²) < 4.78 is 10.9. The van der Waals surface area contributed by atoms with E-state index in [1.807, 2.05) is 43.3 Å². The second kappa shape index (κ2) is 7.88. The number of aryl methyl sites for hydroxylation is 1. The largest absolute Gasteiger partial charge is 0.467 e. The van der Waals surface area contributed by atoms with Crippen molar-refractivity contribution in [3.8, 4) is 11.5 Å². The van der Waals surface area contributed by atoms with Crippen molar-refractivity contribution in [3.05, 3.63) is 65.9 Å². The highest BCUT2D eigenvalue weighted by Gasteiger charge is 2.12. The number of carbonyl (C=O) groups excluding carboxylic acids is 1. The van der Waals surface area contributed by atoms with Crippen molar-refractivity contribution < 1.29 is 13.6 Å². The third kappa shape index (κ3) is 4.29. The van der Waals surface area contributed by atoms with Gasteiger partial charge in [-0.25, -0.2) is 4.98 Å². The lowest BCUT2D eigenvalue weighted by Crippen LogP contribution is -2.24. The molecule has 0 aliphatic heterocycles. The quantitative estimate of drug-likeness (QED) is 0.707. The maximum atomic E-state index is 11.8. The zero-order valence-corrected chi connectivity index (χ0v) is 14.1. The van der Waals surface area contributed by atoms with E-state index < -0.39 is 0 Å². The predicted octanol–water partition coefficient (Wildman–Crippen LogP) is 3.79. The van der Waals surface area contributed by atoms with Crippen molar-refractivity contribution >= 4 is 17.7 Å². The minimum atomic E-state index is -0.0270. The number of carbonyl (C=O) groups is 1. The Bertz CT molecular complexity index is 782. The molecule has 24 heavy (non-hydrogen) atoms. The third-order valence-corrected chi connectivity index (χ3v) is 4.37.